The number of halogens is 1. The highest BCUT2D eigenvalue weighted by Gasteiger charge is 2.31. The Morgan fingerprint density at radius 1 is 0.750 bits per heavy atom. The number of rotatable bonds is 3. The lowest BCUT2D eigenvalue weighted by Gasteiger charge is -2.25. The van der Waals surface area contributed by atoms with Crippen molar-refractivity contribution in [1.82, 2.24) is 0 Å². The number of hydrogen-bond acceptors (Lipinski definition) is 0. The van der Waals surface area contributed by atoms with Gasteiger partial charge in [-0.05, 0) is 23.8 Å². The molecule has 0 spiro atoms. The second-order valence-corrected chi connectivity index (χ2v) is 17.2. The zero-order valence-electron chi connectivity index (χ0n) is 13.0. The number of benzene rings is 2. The first-order chi connectivity index (χ1) is 9.21. The van der Waals surface area contributed by atoms with Crippen molar-refractivity contribution < 1.29 is 0 Å². The molecular weight excluding hydrogens is 296 g/mol. The van der Waals surface area contributed by atoms with Crippen molar-refractivity contribution in [2.45, 2.75) is 33.1 Å². The predicted octanol–water partition coefficient (Wildman–Crippen LogP) is 3.47. The van der Waals surface area contributed by atoms with Gasteiger partial charge < -0.3 is 0 Å². The van der Waals surface area contributed by atoms with Gasteiger partial charge in [-0.1, -0.05) is 78.9 Å². The van der Waals surface area contributed by atoms with Gasteiger partial charge in [0.1, 0.15) is 0 Å². The monoisotopic (exact) mass is 318 g/mol. The maximum absolute atomic E-state index is 7.04. The van der Waals surface area contributed by atoms with E-state index in [0.29, 0.717) is 0 Å². The zero-order chi connectivity index (χ0) is 15.0. The minimum atomic E-state index is -2.10. The highest BCUT2D eigenvalue weighted by molar-refractivity contribution is 7.33. The van der Waals surface area contributed by atoms with Crippen molar-refractivity contribution in [1.29, 1.82) is 0 Å². The van der Waals surface area contributed by atoms with Crippen LogP contribution in [-0.4, -0.2) is 15.5 Å². The lowest BCUT2D eigenvalue weighted by atomic mass is 10.2. The fraction of sp³-hybridized carbons (Fsp3) is 0.294. The van der Waals surface area contributed by atoms with Gasteiger partial charge in [0.25, 0.3) is 0 Å². The normalized spacial score (nSPS) is 14.9. The number of hydrogen-bond donors (Lipinski definition) is 0. The van der Waals surface area contributed by atoms with E-state index in [0.717, 1.165) is 0 Å². The van der Waals surface area contributed by atoms with Gasteiger partial charge in [-0.15, -0.1) is 0 Å². The van der Waals surface area contributed by atoms with Gasteiger partial charge >= 0.3 is 0 Å². The van der Waals surface area contributed by atoms with E-state index in [1.165, 1.54) is 21.1 Å². The third kappa shape index (κ3) is 3.25. The largest absolute Gasteiger partial charge is 0.214 e. The van der Waals surface area contributed by atoms with Crippen LogP contribution in [0.15, 0.2) is 48.5 Å². The van der Waals surface area contributed by atoms with Gasteiger partial charge in [0.2, 0.25) is 7.38 Å². The van der Waals surface area contributed by atoms with Crippen LogP contribution in [0.2, 0.25) is 26.2 Å². The Morgan fingerprint density at radius 2 is 1.30 bits per heavy atom. The Kier molecular flexibility index (Phi) is 4.28. The molecule has 0 aliphatic carbocycles. The average molecular weight is 319 g/mol. The summed E-state index contributed by atoms with van der Waals surface area (Å²) in [5.41, 5.74) is 1.33. The summed E-state index contributed by atoms with van der Waals surface area (Å²) in [5.74, 6) is 0. The Balaban J connectivity index is 2.55. The van der Waals surface area contributed by atoms with Crippen molar-refractivity contribution in [2.75, 3.05) is 0 Å². The molecule has 1 atom stereocenters. The second-order valence-electron chi connectivity index (χ2n) is 6.71. The second kappa shape index (κ2) is 5.51. The molecule has 0 saturated carbocycles. The van der Waals surface area contributed by atoms with Crippen molar-refractivity contribution in [3.05, 3.63) is 54.1 Å². The van der Waals surface area contributed by atoms with Crippen LogP contribution in [0.5, 0.6) is 0 Å². The molecule has 0 saturated heterocycles. The van der Waals surface area contributed by atoms with Crippen molar-refractivity contribution in [3.63, 3.8) is 0 Å². The molecule has 0 aliphatic rings. The van der Waals surface area contributed by atoms with Crippen molar-refractivity contribution >= 4 is 42.1 Å². The molecule has 0 nitrogen and oxygen atoms in total. The lowest BCUT2D eigenvalue weighted by molar-refractivity contribution is 1.50. The van der Waals surface area contributed by atoms with Gasteiger partial charge in [0.05, 0.1) is 8.07 Å². The fourth-order valence-corrected chi connectivity index (χ4v) is 6.58. The van der Waals surface area contributed by atoms with E-state index >= 15 is 0 Å². The minimum absolute atomic E-state index is 1.29. The first-order valence-electron chi connectivity index (χ1n) is 7.08. The molecule has 0 radical (unpaired) electrons. The molecule has 3 heteroatoms. The third-order valence-corrected chi connectivity index (χ3v) is 9.92. The average Bonchev–Trinajstić information content (AvgIpc) is 2.38. The molecular formula is C17H23ClSi2. The Hall–Kier alpha value is -0.836. The highest BCUT2D eigenvalue weighted by atomic mass is 35.6. The van der Waals surface area contributed by atoms with E-state index in [1.54, 1.807) is 0 Å². The van der Waals surface area contributed by atoms with Crippen LogP contribution in [0.3, 0.4) is 0 Å². The molecule has 0 bridgehead atoms. The van der Waals surface area contributed by atoms with Crippen LogP contribution in [0, 0.1) is 6.92 Å². The van der Waals surface area contributed by atoms with Crippen molar-refractivity contribution in [2.24, 2.45) is 0 Å². The summed E-state index contributed by atoms with van der Waals surface area (Å²) < 4.78 is 0. The van der Waals surface area contributed by atoms with E-state index in [2.05, 4.69) is 81.6 Å². The molecule has 20 heavy (non-hydrogen) atoms. The maximum Gasteiger partial charge on any atom is 0.214 e. The fourth-order valence-electron chi connectivity index (χ4n) is 2.40. The molecule has 0 aliphatic heterocycles. The van der Waals surface area contributed by atoms with E-state index in [4.69, 9.17) is 11.1 Å². The SMILES string of the molecule is Cc1cc([Si](C)(C)C)cc([Si](C)(Cl)c2ccccc2)c1. The van der Waals surface area contributed by atoms with Crippen molar-refractivity contribution in [3.8, 4) is 0 Å². The molecule has 0 fully saturated rings. The molecule has 0 heterocycles. The highest BCUT2D eigenvalue weighted by Crippen LogP contribution is 2.12. The van der Waals surface area contributed by atoms with Gasteiger partial charge in [0.15, 0.2) is 0 Å². The summed E-state index contributed by atoms with van der Waals surface area (Å²) in [7, 11) is -3.41. The molecule has 0 amide bonds. The summed E-state index contributed by atoms with van der Waals surface area (Å²) in [4.78, 5) is 0. The van der Waals surface area contributed by atoms with Crippen LogP contribution < -0.4 is 15.6 Å². The van der Waals surface area contributed by atoms with E-state index in [1.807, 2.05) is 0 Å². The van der Waals surface area contributed by atoms with Crippen LogP contribution in [-0.2, 0) is 0 Å². The predicted molar refractivity (Wildman–Crippen MR) is 97.3 cm³/mol. The van der Waals surface area contributed by atoms with E-state index in [9.17, 15) is 0 Å². The summed E-state index contributed by atoms with van der Waals surface area (Å²) in [6.45, 7) is 11.6. The smallest absolute Gasteiger partial charge is 0.155 e. The third-order valence-electron chi connectivity index (χ3n) is 3.80. The van der Waals surface area contributed by atoms with Crippen LogP contribution >= 0.6 is 11.1 Å². The first kappa shape index (κ1) is 15.6. The minimum Gasteiger partial charge on any atom is -0.155 e. The van der Waals surface area contributed by atoms with Crippen LogP contribution in [0.1, 0.15) is 5.56 Å². The number of aryl methyl sites for hydroxylation is 1. The first-order valence-corrected chi connectivity index (χ1v) is 14.1. The standard InChI is InChI=1S/C17H23ClSi2/c1-14-11-16(19(2,3)4)13-17(12-14)20(5,18)15-9-7-6-8-10-15/h6-13H,1-5H3. The van der Waals surface area contributed by atoms with E-state index in [-0.39, 0.29) is 0 Å². The summed E-state index contributed by atoms with van der Waals surface area (Å²) in [6.07, 6.45) is 0. The van der Waals surface area contributed by atoms with E-state index < -0.39 is 15.5 Å². The van der Waals surface area contributed by atoms with Crippen LogP contribution in [0.25, 0.3) is 0 Å². The molecule has 2 rings (SSSR count). The zero-order valence-corrected chi connectivity index (χ0v) is 15.8. The Morgan fingerprint density at radius 3 is 1.85 bits per heavy atom. The van der Waals surface area contributed by atoms with Gasteiger partial charge in [-0.25, -0.2) is 0 Å². The van der Waals surface area contributed by atoms with Gasteiger partial charge in [0, 0.05) is 0 Å². The summed E-state index contributed by atoms with van der Waals surface area (Å²) >= 11 is 7.04. The molecule has 0 aromatic heterocycles. The summed E-state index contributed by atoms with van der Waals surface area (Å²) in [5, 5.41) is 4.12. The van der Waals surface area contributed by atoms with Gasteiger partial charge in [-0.3, -0.25) is 0 Å². The van der Waals surface area contributed by atoms with Crippen LogP contribution in [0.4, 0.5) is 0 Å². The lowest BCUT2D eigenvalue weighted by Crippen LogP contribution is -2.53. The Labute approximate surface area is 129 Å². The maximum atomic E-state index is 7.04. The molecule has 1 unspecified atom stereocenters. The summed E-state index contributed by atoms with van der Waals surface area (Å²) in [6, 6.07) is 17.5. The molecule has 2 aromatic rings. The molecule has 2 aromatic carbocycles. The molecule has 106 valence electrons. The topological polar surface area (TPSA) is 0 Å². The van der Waals surface area contributed by atoms with Gasteiger partial charge in [-0.2, -0.15) is 11.1 Å². The Bertz CT molecular complexity index is 598. The molecule has 0 N–H and O–H groups in total. The quantitative estimate of drug-likeness (QED) is 0.600.